The molecule has 0 bridgehead atoms. The minimum Gasteiger partial charge on any atom is -0.392 e. The number of aliphatic hydroxyl groups excluding tert-OH is 1. The largest absolute Gasteiger partial charge is 0.392 e. The van der Waals surface area contributed by atoms with Gasteiger partial charge in [-0.25, -0.2) is 13.1 Å². The maximum absolute atomic E-state index is 12.4. The van der Waals surface area contributed by atoms with Crippen molar-refractivity contribution in [2.45, 2.75) is 57.6 Å². The molecule has 0 fully saturated rings. The van der Waals surface area contributed by atoms with Gasteiger partial charge in [-0.1, -0.05) is 32.4 Å². The molecule has 0 aliphatic rings. The molecular weight excluding hydrogens is 262 g/mol. The fourth-order valence-corrected chi connectivity index (χ4v) is 3.66. The Morgan fingerprint density at radius 1 is 1.32 bits per heavy atom. The molecule has 1 atom stereocenters. The lowest BCUT2D eigenvalue weighted by Gasteiger charge is -2.17. The molecule has 19 heavy (non-hydrogen) atoms. The van der Waals surface area contributed by atoms with Gasteiger partial charge in [0.05, 0.1) is 11.5 Å². The zero-order valence-corrected chi connectivity index (χ0v) is 12.6. The normalized spacial score (nSPS) is 13.5. The highest BCUT2D eigenvalue weighted by atomic mass is 32.2. The quantitative estimate of drug-likeness (QED) is 0.808. The van der Waals surface area contributed by atoms with E-state index in [0.29, 0.717) is 11.1 Å². The Morgan fingerprint density at radius 3 is 2.53 bits per heavy atom. The maximum atomic E-state index is 12.4. The predicted molar refractivity (Wildman–Crippen MR) is 76.4 cm³/mol. The Bertz CT molecular complexity index is 511. The number of nitrogens with one attached hydrogen (secondary N) is 1. The predicted octanol–water partition coefficient (Wildman–Crippen LogP) is 2.34. The molecule has 1 rings (SSSR count). The van der Waals surface area contributed by atoms with Crippen LogP contribution < -0.4 is 4.72 Å². The number of hydrogen-bond acceptors (Lipinski definition) is 3. The molecule has 0 aromatic heterocycles. The minimum absolute atomic E-state index is 0.0350. The van der Waals surface area contributed by atoms with Crippen LogP contribution in [0.4, 0.5) is 0 Å². The van der Waals surface area contributed by atoms with E-state index >= 15 is 0 Å². The van der Waals surface area contributed by atoms with Gasteiger partial charge in [-0.15, -0.1) is 0 Å². The number of hydrogen-bond donors (Lipinski definition) is 2. The van der Waals surface area contributed by atoms with E-state index in [2.05, 4.69) is 4.72 Å². The molecule has 1 aromatic rings. The van der Waals surface area contributed by atoms with Crippen molar-refractivity contribution in [2.24, 2.45) is 0 Å². The Morgan fingerprint density at radius 2 is 2.00 bits per heavy atom. The van der Waals surface area contributed by atoms with Crippen LogP contribution in [-0.4, -0.2) is 19.6 Å². The molecule has 0 amide bonds. The van der Waals surface area contributed by atoms with E-state index in [1.54, 1.807) is 19.1 Å². The standard InChI is InChI=1S/C14H23NO3S/c1-4-6-13(5-2)15-19(17,18)14-9-12(10-16)8-7-11(14)3/h7-9,13,15-16H,4-6,10H2,1-3H3. The summed E-state index contributed by atoms with van der Waals surface area (Å²) >= 11 is 0. The van der Waals surface area contributed by atoms with E-state index in [1.165, 1.54) is 6.07 Å². The first-order valence-corrected chi connectivity index (χ1v) is 8.15. The maximum Gasteiger partial charge on any atom is 0.241 e. The number of rotatable bonds is 7. The van der Waals surface area contributed by atoms with E-state index in [-0.39, 0.29) is 17.5 Å². The Hall–Kier alpha value is -0.910. The van der Waals surface area contributed by atoms with Crippen LogP contribution in [0.1, 0.15) is 44.2 Å². The lowest BCUT2D eigenvalue weighted by molar-refractivity contribution is 0.281. The molecule has 0 radical (unpaired) electrons. The minimum atomic E-state index is -3.52. The van der Waals surface area contributed by atoms with Crippen molar-refractivity contribution in [1.29, 1.82) is 0 Å². The lowest BCUT2D eigenvalue weighted by atomic mass is 10.1. The van der Waals surface area contributed by atoms with Crippen LogP contribution in [0.2, 0.25) is 0 Å². The van der Waals surface area contributed by atoms with Crippen LogP contribution in [0.5, 0.6) is 0 Å². The van der Waals surface area contributed by atoms with E-state index in [0.717, 1.165) is 19.3 Å². The summed E-state index contributed by atoms with van der Waals surface area (Å²) in [4.78, 5) is 0.258. The number of aryl methyl sites for hydroxylation is 1. The molecule has 2 N–H and O–H groups in total. The molecule has 5 heteroatoms. The van der Waals surface area contributed by atoms with Gasteiger partial charge in [0, 0.05) is 6.04 Å². The van der Waals surface area contributed by atoms with Gasteiger partial charge in [-0.2, -0.15) is 0 Å². The van der Waals surface area contributed by atoms with Gasteiger partial charge in [0.1, 0.15) is 0 Å². The highest BCUT2D eigenvalue weighted by Crippen LogP contribution is 2.18. The van der Waals surface area contributed by atoms with Crippen LogP contribution >= 0.6 is 0 Å². The summed E-state index contributed by atoms with van der Waals surface area (Å²) in [6.07, 6.45) is 2.54. The molecule has 4 nitrogen and oxygen atoms in total. The summed E-state index contributed by atoms with van der Waals surface area (Å²) < 4.78 is 27.5. The Labute approximate surface area is 115 Å². The van der Waals surface area contributed by atoms with Gasteiger partial charge in [0.25, 0.3) is 0 Å². The second kappa shape index (κ2) is 7.03. The van der Waals surface area contributed by atoms with E-state index < -0.39 is 10.0 Å². The van der Waals surface area contributed by atoms with Crippen molar-refractivity contribution in [3.05, 3.63) is 29.3 Å². The molecular formula is C14H23NO3S. The zero-order chi connectivity index (χ0) is 14.5. The average Bonchev–Trinajstić information content (AvgIpc) is 2.38. The highest BCUT2D eigenvalue weighted by molar-refractivity contribution is 7.89. The van der Waals surface area contributed by atoms with Crippen LogP contribution in [0, 0.1) is 6.92 Å². The molecule has 0 heterocycles. The first kappa shape index (κ1) is 16.1. The SMILES string of the molecule is CCCC(CC)NS(=O)(=O)c1cc(CO)ccc1C. The summed E-state index contributed by atoms with van der Waals surface area (Å²) in [6, 6.07) is 4.96. The third-order valence-corrected chi connectivity index (χ3v) is 4.84. The van der Waals surface area contributed by atoms with Gasteiger partial charge in [-0.3, -0.25) is 0 Å². The topological polar surface area (TPSA) is 66.4 Å². The third-order valence-electron chi connectivity index (χ3n) is 3.18. The van der Waals surface area contributed by atoms with Crippen molar-refractivity contribution < 1.29 is 13.5 Å². The van der Waals surface area contributed by atoms with Gasteiger partial charge in [0.15, 0.2) is 0 Å². The van der Waals surface area contributed by atoms with Crippen LogP contribution in [0.25, 0.3) is 0 Å². The molecule has 1 unspecified atom stereocenters. The first-order chi connectivity index (χ1) is 8.94. The third kappa shape index (κ3) is 4.30. The summed E-state index contributed by atoms with van der Waals surface area (Å²) in [6.45, 7) is 5.61. The molecule has 1 aromatic carbocycles. The summed E-state index contributed by atoms with van der Waals surface area (Å²) in [5.41, 5.74) is 1.30. The van der Waals surface area contributed by atoms with Crippen molar-refractivity contribution in [1.82, 2.24) is 4.72 Å². The van der Waals surface area contributed by atoms with Gasteiger partial charge in [0.2, 0.25) is 10.0 Å². The van der Waals surface area contributed by atoms with Crippen LogP contribution in [-0.2, 0) is 16.6 Å². The Kier molecular flexibility index (Phi) is 5.97. The lowest BCUT2D eigenvalue weighted by Crippen LogP contribution is -2.34. The van der Waals surface area contributed by atoms with Gasteiger partial charge >= 0.3 is 0 Å². The van der Waals surface area contributed by atoms with E-state index in [4.69, 9.17) is 5.11 Å². The molecule has 0 spiro atoms. The Balaban J connectivity index is 3.05. The van der Waals surface area contributed by atoms with E-state index in [1.807, 2.05) is 13.8 Å². The van der Waals surface area contributed by atoms with Crippen molar-refractivity contribution in [3.8, 4) is 0 Å². The first-order valence-electron chi connectivity index (χ1n) is 6.67. The second-order valence-corrected chi connectivity index (χ2v) is 6.46. The number of benzene rings is 1. The highest BCUT2D eigenvalue weighted by Gasteiger charge is 2.20. The molecule has 0 saturated heterocycles. The van der Waals surface area contributed by atoms with Crippen molar-refractivity contribution >= 4 is 10.0 Å². The average molecular weight is 285 g/mol. The summed E-state index contributed by atoms with van der Waals surface area (Å²) in [7, 11) is -3.52. The van der Waals surface area contributed by atoms with E-state index in [9.17, 15) is 8.42 Å². The number of aliphatic hydroxyl groups is 1. The fourth-order valence-electron chi connectivity index (χ4n) is 2.01. The number of sulfonamides is 1. The van der Waals surface area contributed by atoms with Crippen molar-refractivity contribution in [2.75, 3.05) is 0 Å². The zero-order valence-electron chi connectivity index (χ0n) is 11.8. The fraction of sp³-hybridized carbons (Fsp3) is 0.571. The van der Waals surface area contributed by atoms with Crippen LogP contribution in [0.15, 0.2) is 23.1 Å². The molecule has 0 aliphatic heterocycles. The second-order valence-electron chi connectivity index (χ2n) is 4.77. The molecule has 0 saturated carbocycles. The summed E-state index contributed by atoms with van der Waals surface area (Å²) in [5.74, 6) is 0. The van der Waals surface area contributed by atoms with Crippen LogP contribution in [0.3, 0.4) is 0 Å². The van der Waals surface area contributed by atoms with Gasteiger partial charge in [-0.05, 0) is 37.0 Å². The molecule has 108 valence electrons. The molecule has 0 aliphatic carbocycles. The monoisotopic (exact) mass is 285 g/mol. The summed E-state index contributed by atoms with van der Waals surface area (Å²) in [5, 5.41) is 9.12. The van der Waals surface area contributed by atoms with Crippen molar-refractivity contribution in [3.63, 3.8) is 0 Å². The smallest absolute Gasteiger partial charge is 0.241 e. The van der Waals surface area contributed by atoms with Gasteiger partial charge < -0.3 is 5.11 Å².